The second-order valence-corrected chi connectivity index (χ2v) is 6.00. The van der Waals surface area contributed by atoms with E-state index in [0.29, 0.717) is 21.2 Å². The molecule has 24 heavy (non-hydrogen) atoms. The van der Waals surface area contributed by atoms with E-state index in [1.165, 1.54) is 7.11 Å². The Hall–Kier alpha value is -2.04. The molecule has 0 aliphatic heterocycles. The first-order valence-corrected chi connectivity index (χ1v) is 8.11. The van der Waals surface area contributed by atoms with Gasteiger partial charge in [0.1, 0.15) is 0 Å². The van der Waals surface area contributed by atoms with Crippen molar-refractivity contribution in [2.24, 2.45) is 0 Å². The van der Waals surface area contributed by atoms with E-state index in [-0.39, 0.29) is 18.7 Å². The number of benzene rings is 2. The molecule has 1 atom stereocenters. The lowest BCUT2D eigenvalue weighted by molar-refractivity contribution is -0.141. The normalized spacial score (nSPS) is 11.6. The average molecular weight is 366 g/mol. The standard InChI is InChI=1S/C18H17Cl2NO3/c1-24-18(23)11-16(13-7-3-5-9-15(13)20)21-17(22)10-12-6-2-4-8-14(12)19/h2-9,16H,10-11H2,1H3,(H,21,22). The lowest BCUT2D eigenvalue weighted by atomic mass is 10.0. The maximum Gasteiger partial charge on any atom is 0.307 e. The van der Waals surface area contributed by atoms with Crippen LogP contribution >= 0.6 is 23.2 Å². The molecule has 0 radical (unpaired) electrons. The molecule has 0 spiro atoms. The van der Waals surface area contributed by atoms with Crippen LogP contribution in [0.15, 0.2) is 48.5 Å². The van der Waals surface area contributed by atoms with Gasteiger partial charge in [0.15, 0.2) is 0 Å². The van der Waals surface area contributed by atoms with Crippen molar-refractivity contribution in [3.63, 3.8) is 0 Å². The van der Waals surface area contributed by atoms with E-state index < -0.39 is 12.0 Å². The first-order chi connectivity index (χ1) is 11.5. The van der Waals surface area contributed by atoms with Crippen molar-refractivity contribution in [1.29, 1.82) is 0 Å². The smallest absolute Gasteiger partial charge is 0.307 e. The first-order valence-electron chi connectivity index (χ1n) is 7.35. The van der Waals surface area contributed by atoms with E-state index in [2.05, 4.69) is 5.32 Å². The molecular weight excluding hydrogens is 349 g/mol. The van der Waals surface area contributed by atoms with Crippen molar-refractivity contribution >= 4 is 35.1 Å². The van der Waals surface area contributed by atoms with Gasteiger partial charge in [-0.15, -0.1) is 0 Å². The van der Waals surface area contributed by atoms with Gasteiger partial charge in [0, 0.05) is 10.0 Å². The number of esters is 1. The van der Waals surface area contributed by atoms with Gasteiger partial charge in [0.05, 0.1) is 26.0 Å². The number of rotatable bonds is 6. The van der Waals surface area contributed by atoms with E-state index in [1.807, 2.05) is 6.07 Å². The fraction of sp³-hybridized carbons (Fsp3) is 0.222. The fourth-order valence-corrected chi connectivity index (χ4v) is 2.78. The van der Waals surface area contributed by atoms with Crippen molar-refractivity contribution < 1.29 is 14.3 Å². The summed E-state index contributed by atoms with van der Waals surface area (Å²) in [6, 6.07) is 13.6. The van der Waals surface area contributed by atoms with Crippen LogP contribution in [0.1, 0.15) is 23.6 Å². The van der Waals surface area contributed by atoms with Crippen molar-refractivity contribution in [2.45, 2.75) is 18.9 Å². The molecule has 4 nitrogen and oxygen atoms in total. The van der Waals surface area contributed by atoms with E-state index in [0.717, 1.165) is 0 Å². The summed E-state index contributed by atoms with van der Waals surface area (Å²) in [6.07, 6.45) is 0.107. The molecular formula is C18H17Cl2NO3. The molecule has 1 unspecified atom stereocenters. The number of methoxy groups -OCH3 is 1. The molecule has 0 heterocycles. The van der Waals surface area contributed by atoms with Crippen molar-refractivity contribution in [3.05, 3.63) is 69.7 Å². The van der Waals surface area contributed by atoms with E-state index in [4.69, 9.17) is 27.9 Å². The Morgan fingerprint density at radius 2 is 1.67 bits per heavy atom. The highest BCUT2D eigenvalue weighted by Crippen LogP contribution is 2.26. The van der Waals surface area contributed by atoms with Crippen molar-refractivity contribution in [2.75, 3.05) is 7.11 Å². The minimum absolute atomic E-state index is 0.00546. The van der Waals surface area contributed by atoms with Crippen LogP contribution in [0, 0.1) is 0 Å². The zero-order chi connectivity index (χ0) is 17.5. The molecule has 6 heteroatoms. The number of carbonyl (C=O) groups excluding carboxylic acids is 2. The summed E-state index contributed by atoms with van der Waals surface area (Å²) in [5.74, 6) is -0.685. The molecule has 1 N–H and O–H groups in total. The molecule has 0 aliphatic rings. The largest absolute Gasteiger partial charge is 0.469 e. The number of hydrogen-bond donors (Lipinski definition) is 1. The molecule has 0 fully saturated rings. The number of ether oxygens (including phenoxy) is 1. The lowest BCUT2D eigenvalue weighted by Crippen LogP contribution is -2.31. The summed E-state index contributed by atoms with van der Waals surface area (Å²) < 4.78 is 4.71. The predicted octanol–water partition coefficient (Wildman–Crippen LogP) is 3.96. The highest BCUT2D eigenvalue weighted by atomic mass is 35.5. The summed E-state index contributed by atoms with van der Waals surface area (Å²) in [7, 11) is 1.30. The summed E-state index contributed by atoms with van der Waals surface area (Å²) in [5.41, 5.74) is 1.38. The molecule has 1 amide bonds. The quantitative estimate of drug-likeness (QED) is 0.788. The summed E-state index contributed by atoms with van der Waals surface area (Å²) >= 11 is 12.3. The van der Waals surface area contributed by atoms with E-state index in [9.17, 15) is 9.59 Å². The Morgan fingerprint density at radius 1 is 1.04 bits per heavy atom. The van der Waals surface area contributed by atoms with Gasteiger partial charge in [-0.1, -0.05) is 59.6 Å². The second kappa shape index (κ2) is 8.71. The number of amides is 1. The Bertz CT molecular complexity index is 734. The van der Waals surface area contributed by atoms with E-state index >= 15 is 0 Å². The molecule has 2 aromatic rings. The number of hydrogen-bond acceptors (Lipinski definition) is 3. The van der Waals surface area contributed by atoms with Crippen LogP contribution in [-0.4, -0.2) is 19.0 Å². The van der Waals surface area contributed by atoms with Crippen LogP contribution in [0.25, 0.3) is 0 Å². The minimum atomic E-state index is -0.568. The molecule has 0 saturated heterocycles. The summed E-state index contributed by atoms with van der Waals surface area (Å²) in [6.45, 7) is 0. The zero-order valence-electron chi connectivity index (χ0n) is 13.1. The van der Waals surface area contributed by atoms with Gasteiger partial charge in [-0.3, -0.25) is 9.59 Å². The average Bonchev–Trinajstić information content (AvgIpc) is 2.56. The molecule has 0 aliphatic carbocycles. The van der Waals surface area contributed by atoms with Crippen LogP contribution in [0.3, 0.4) is 0 Å². The zero-order valence-corrected chi connectivity index (χ0v) is 14.6. The highest BCUT2D eigenvalue weighted by molar-refractivity contribution is 6.31. The Balaban J connectivity index is 2.16. The molecule has 126 valence electrons. The van der Waals surface area contributed by atoms with Gasteiger partial charge >= 0.3 is 5.97 Å². The van der Waals surface area contributed by atoms with Gasteiger partial charge in [-0.05, 0) is 23.3 Å². The van der Waals surface area contributed by atoms with Gasteiger partial charge in [-0.25, -0.2) is 0 Å². The number of carbonyl (C=O) groups is 2. The molecule has 0 bridgehead atoms. The Morgan fingerprint density at radius 3 is 2.29 bits per heavy atom. The van der Waals surface area contributed by atoms with Crippen LogP contribution < -0.4 is 5.32 Å². The van der Waals surface area contributed by atoms with Crippen molar-refractivity contribution in [1.82, 2.24) is 5.32 Å². The lowest BCUT2D eigenvalue weighted by Gasteiger charge is -2.19. The third kappa shape index (κ3) is 4.98. The van der Waals surface area contributed by atoms with Crippen LogP contribution in [0.5, 0.6) is 0 Å². The molecule has 0 saturated carbocycles. The van der Waals surface area contributed by atoms with Gasteiger partial charge in [0.2, 0.25) is 5.91 Å². The second-order valence-electron chi connectivity index (χ2n) is 5.19. The third-order valence-electron chi connectivity index (χ3n) is 3.52. The monoisotopic (exact) mass is 365 g/mol. The highest BCUT2D eigenvalue weighted by Gasteiger charge is 2.21. The summed E-state index contributed by atoms with van der Waals surface area (Å²) in [5, 5.41) is 3.83. The maximum absolute atomic E-state index is 12.4. The van der Waals surface area contributed by atoms with Gasteiger partial charge in [-0.2, -0.15) is 0 Å². The van der Waals surface area contributed by atoms with E-state index in [1.54, 1.807) is 42.5 Å². The third-order valence-corrected chi connectivity index (χ3v) is 4.24. The van der Waals surface area contributed by atoms with Crippen molar-refractivity contribution in [3.8, 4) is 0 Å². The Labute approximate surface area is 150 Å². The molecule has 2 aromatic carbocycles. The number of halogens is 2. The topological polar surface area (TPSA) is 55.4 Å². The minimum Gasteiger partial charge on any atom is -0.469 e. The summed E-state index contributed by atoms with van der Waals surface area (Å²) in [4.78, 5) is 24.0. The fourth-order valence-electron chi connectivity index (χ4n) is 2.31. The van der Waals surface area contributed by atoms with Crippen LogP contribution in [0.4, 0.5) is 0 Å². The Kier molecular flexibility index (Phi) is 6.64. The number of nitrogens with one attached hydrogen (secondary N) is 1. The molecule has 2 rings (SSSR count). The SMILES string of the molecule is COC(=O)CC(NC(=O)Cc1ccccc1Cl)c1ccccc1Cl. The first kappa shape index (κ1) is 18.3. The van der Waals surface area contributed by atoms with Crippen LogP contribution in [-0.2, 0) is 20.7 Å². The molecule has 0 aromatic heterocycles. The van der Waals surface area contributed by atoms with Gasteiger partial charge in [0.25, 0.3) is 0 Å². The predicted molar refractivity (Wildman–Crippen MR) is 94.1 cm³/mol. The van der Waals surface area contributed by atoms with Gasteiger partial charge < -0.3 is 10.1 Å². The van der Waals surface area contributed by atoms with Crippen LogP contribution in [0.2, 0.25) is 10.0 Å². The maximum atomic E-state index is 12.4.